The number of alkyl halides is 3. The van der Waals surface area contributed by atoms with Crippen molar-refractivity contribution in [3.63, 3.8) is 0 Å². The smallest absolute Gasteiger partial charge is 0.338 e. The number of rotatable bonds is 5. The van der Waals surface area contributed by atoms with Crippen molar-refractivity contribution in [2.24, 2.45) is 0 Å². The fourth-order valence-corrected chi connectivity index (χ4v) is 3.38. The molecule has 0 aliphatic carbocycles. The number of piperazine rings is 1. The van der Waals surface area contributed by atoms with Crippen LogP contribution in [-0.4, -0.2) is 46.1 Å². The zero-order chi connectivity index (χ0) is 20.3. The van der Waals surface area contributed by atoms with Gasteiger partial charge in [0.05, 0.1) is 12.1 Å². The van der Waals surface area contributed by atoms with E-state index in [2.05, 4.69) is 44.2 Å². The number of hydrogen-bond acceptors (Lipinski definition) is 5. The Balaban J connectivity index is 1.31. The van der Waals surface area contributed by atoms with Crippen LogP contribution in [0.2, 0.25) is 0 Å². The molecule has 0 atom stereocenters. The quantitative estimate of drug-likeness (QED) is 0.644. The Morgan fingerprint density at radius 2 is 1.45 bits per heavy atom. The molecule has 1 fully saturated rings. The summed E-state index contributed by atoms with van der Waals surface area (Å²) in [5.41, 5.74) is 1.11. The average molecular weight is 402 g/mol. The van der Waals surface area contributed by atoms with Crippen molar-refractivity contribution >= 4 is 0 Å². The lowest BCUT2D eigenvalue weighted by molar-refractivity contribution is -0.137. The van der Waals surface area contributed by atoms with Crippen molar-refractivity contribution in [1.82, 2.24) is 19.9 Å². The van der Waals surface area contributed by atoms with Crippen LogP contribution in [0, 0.1) is 0 Å². The summed E-state index contributed by atoms with van der Waals surface area (Å²) in [7, 11) is 0. The van der Waals surface area contributed by atoms with E-state index in [9.17, 15) is 13.2 Å². The molecular weight excluding hydrogens is 381 g/mol. The Bertz CT molecular complexity index is 917. The van der Waals surface area contributed by atoms with Crippen LogP contribution in [0.1, 0.15) is 17.0 Å². The summed E-state index contributed by atoms with van der Waals surface area (Å²) < 4.78 is 43.3. The van der Waals surface area contributed by atoms with Gasteiger partial charge in [-0.25, -0.2) is 0 Å². The predicted octanol–water partition coefficient (Wildman–Crippen LogP) is 4.07. The van der Waals surface area contributed by atoms with E-state index in [-0.39, 0.29) is 0 Å². The molecule has 0 radical (unpaired) electrons. The maximum Gasteiger partial charge on any atom is 0.416 e. The van der Waals surface area contributed by atoms with Crippen LogP contribution in [-0.2, 0) is 19.3 Å². The van der Waals surface area contributed by atoms with Crippen molar-refractivity contribution < 1.29 is 17.7 Å². The van der Waals surface area contributed by atoms with Crippen molar-refractivity contribution in [2.75, 3.05) is 26.2 Å². The van der Waals surface area contributed by atoms with Crippen LogP contribution < -0.4 is 0 Å². The van der Waals surface area contributed by atoms with Crippen LogP contribution in [0.15, 0.2) is 59.1 Å². The van der Waals surface area contributed by atoms with Crippen LogP contribution >= 0.6 is 0 Å². The molecule has 5 nitrogen and oxygen atoms in total. The molecule has 2 aromatic carbocycles. The topological polar surface area (TPSA) is 45.4 Å². The number of aromatic nitrogens is 2. The Labute approximate surface area is 166 Å². The Hall–Kier alpha value is -2.71. The van der Waals surface area contributed by atoms with Crippen LogP contribution in [0.4, 0.5) is 13.2 Å². The van der Waals surface area contributed by atoms with E-state index < -0.39 is 11.7 Å². The lowest BCUT2D eigenvalue weighted by Crippen LogP contribution is -2.45. The van der Waals surface area contributed by atoms with Gasteiger partial charge in [-0.2, -0.15) is 18.2 Å². The van der Waals surface area contributed by atoms with Gasteiger partial charge in [0.2, 0.25) is 11.7 Å². The van der Waals surface area contributed by atoms with Gasteiger partial charge in [-0.3, -0.25) is 9.80 Å². The summed E-state index contributed by atoms with van der Waals surface area (Å²) in [5, 5.41) is 3.91. The van der Waals surface area contributed by atoms with E-state index in [0.717, 1.165) is 44.9 Å². The second-order valence-corrected chi connectivity index (χ2v) is 7.12. The molecule has 2 heterocycles. The molecular formula is C21H21F3N4O. The maximum absolute atomic E-state index is 12.7. The molecule has 3 aromatic rings. The maximum atomic E-state index is 12.7. The molecule has 1 saturated heterocycles. The molecule has 1 aliphatic heterocycles. The largest absolute Gasteiger partial charge is 0.416 e. The van der Waals surface area contributed by atoms with Crippen molar-refractivity contribution in [2.45, 2.75) is 19.3 Å². The van der Waals surface area contributed by atoms with E-state index in [0.29, 0.717) is 23.8 Å². The molecule has 0 spiro atoms. The third-order valence-corrected chi connectivity index (χ3v) is 5.01. The van der Waals surface area contributed by atoms with Gasteiger partial charge >= 0.3 is 6.18 Å². The summed E-state index contributed by atoms with van der Waals surface area (Å²) >= 11 is 0. The second-order valence-electron chi connectivity index (χ2n) is 7.12. The number of hydrogen-bond donors (Lipinski definition) is 0. The van der Waals surface area contributed by atoms with Crippen molar-refractivity contribution in [1.29, 1.82) is 0 Å². The van der Waals surface area contributed by atoms with Crippen LogP contribution in [0.3, 0.4) is 0 Å². The Kier molecular flexibility index (Phi) is 5.64. The summed E-state index contributed by atoms with van der Waals surface area (Å²) in [6, 6.07) is 15.2. The highest BCUT2D eigenvalue weighted by Gasteiger charge is 2.30. The fraction of sp³-hybridized carbons (Fsp3) is 0.333. The molecule has 29 heavy (non-hydrogen) atoms. The summed E-state index contributed by atoms with van der Waals surface area (Å²) in [6.45, 7) is 5.17. The number of halogens is 3. The highest BCUT2D eigenvalue weighted by Crippen LogP contribution is 2.30. The van der Waals surface area contributed by atoms with E-state index in [4.69, 9.17) is 4.52 Å². The van der Waals surface area contributed by atoms with E-state index in [1.54, 1.807) is 0 Å². The molecule has 1 aromatic heterocycles. The lowest BCUT2D eigenvalue weighted by Gasteiger charge is -2.33. The molecule has 0 amide bonds. The minimum atomic E-state index is -4.36. The van der Waals surface area contributed by atoms with Gasteiger partial charge in [-0.1, -0.05) is 47.6 Å². The fourth-order valence-electron chi connectivity index (χ4n) is 3.38. The Morgan fingerprint density at radius 3 is 2.07 bits per heavy atom. The van der Waals surface area contributed by atoms with Crippen molar-refractivity contribution in [3.05, 3.63) is 71.6 Å². The van der Waals surface area contributed by atoms with E-state index in [1.165, 1.54) is 17.7 Å². The zero-order valence-electron chi connectivity index (χ0n) is 15.8. The standard InChI is InChI=1S/C21H21F3N4O/c22-21(23,24)18-8-6-17(7-9-18)20-25-19(29-26-20)15-28-12-10-27(11-13-28)14-16-4-2-1-3-5-16/h1-9H,10-15H2. The van der Waals surface area contributed by atoms with Gasteiger partial charge in [0, 0.05) is 38.3 Å². The summed E-state index contributed by atoms with van der Waals surface area (Å²) in [5.74, 6) is 0.771. The van der Waals surface area contributed by atoms with Crippen molar-refractivity contribution in [3.8, 4) is 11.4 Å². The van der Waals surface area contributed by atoms with Gasteiger partial charge in [0.15, 0.2) is 0 Å². The Morgan fingerprint density at radius 1 is 0.828 bits per heavy atom. The van der Waals surface area contributed by atoms with Crippen LogP contribution in [0.5, 0.6) is 0 Å². The molecule has 4 rings (SSSR count). The van der Waals surface area contributed by atoms with Crippen LogP contribution in [0.25, 0.3) is 11.4 Å². The molecule has 0 bridgehead atoms. The minimum absolute atomic E-state index is 0.302. The first-order valence-corrected chi connectivity index (χ1v) is 9.46. The SMILES string of the molecule is FC(F)(F)c1ccc(-c2noc(CN3CCN(Cc4ccccc4)CC3)n2)cc1. The lowest BCUT2D eigenvalue weighted by atomic mass is 10.1. The normalized spacial score (nSPS) is 16.2. The first-order valence-electron chi connectivity index (χ1n) is 9.46. The molecule has 1 aliphatic rings. The molecule has 0 unspecified atom stereocenters. The summed E-state index contributed by atoms with van der Waals surface area (Å²) in [4.78, 5) is 8.99. The molecule has 152 valence electrons. The van der Waals surface area contributed by atoms with Gasteiger partial charge in [-0.15, -0.1) is 0 Å². The highest BCUT2D eigenvalue weighted by atomic mass is 19.4. The number of nitrogens with zero attached hydrogens (tertiary/aromatic N) is 4. The monoisotopic (exact) mass is 402 g/mol. The average Bonchev–Trinajstić information content (AvgIpc) is 3.18. The van der Waals surface area contributed by atoms with E-state index in [1.807, 2.05) is 6.07 Å². The first-order chi connectivity index (χ1) is 14.0. The zero-order valence-corrected chi connectivity index (χ0v) is 15.8. The number of benzene rings is 2. The highest BCUT2D eigenvalue weighted by molar-refractivity contribution is 5.54. The summed E-state index contributed by atoms with van der Waals surface area (Å²) in [6.07, 6.45) is -4.36. The molecule has 8 heteroatoms. The van der Waals surface area contributed by atoms with Gasteiger partial charge < -0.3 is 4.52 Å². The molecule has 0 saturated carbocycles. The predicted molar refractivity (Wildman–Crippen MR) is 102 cm³/mol. The third-order valence-electron chi connectivity index (χ3n) is 5.01. The van der Waals surface area contributed by atoms with Gasteiger partial charge in [0.25, 0.3) is 0 Å². The van der Waals surface area contributed by atoms with Gasteiger partial charge in [-0.05, 0) is 17.7 Å². The van der Waals surface area contributed by atoms with Gasteiger partial charge in [0.1, 0.15) is 0 Å². The third kappa shape index (κ3) is 5.02. The molecule has 0 N–H and O–H groups in total. The first kappa shape index (κ1) is 19.6. The van der Waals surface area contributed by atoms with E-state index >= 15 is 0 Å². The minimum Gasteiger partial charge on any atom is -0.338 e. The second kappa shape index (κ2) is 8.34.